The summed E-state index contributed by atoms with van der Waals surface area (Å²) in [5.41, 5.74) is 4.00. The number of aromatic nitrogens is 1. The SMILES string of the molecule is COCC(C)(C)Nc1cc(C(F)(F)F)cc(N)n1. The first kappa shape index (κ1) is 14.6. The molecular formula is C11H16F3N3O. The highest BCUT2D eigenvalue weighted by Crippen LogP contribution is 2.31. The number of hydrogen-bond donors (Lipinski definition) is 2. The van der Waals surface area contributed by atoms with Gasteiger partial charge in [0.25, 0.3) is 0 Å². The molecule has 0 radical (unpaired) electrons. The summed E-state index contributed by atoms with van der Waals surface area (Å²) in [4.78, 5) is 3.83. The van der Waals surface area contributed by atoms with Gasteiger partial charge in [0, 0.05) is 7.11 Å². The molecule has 0 aliphatic heterocycles. The Kier molecular flexibility index (Phi) is 4.05. The highest BCUT2D eigenvalue weighted by Gasteiger charge is 2.32. The van der Waals surface area contributed by atoms with Gasteiger partial charge in [-0.3, -0.25) is 0 Å². The quantitative estimate of drug-likeness (QED) is 0.876. The van der Waals surface area contributed by atoms with Gasteiger partial charge < -0.3 is 15.8 Å². The van der Waals surface area contributed by atoms with Crippen LogP contribution in [0, 0.1) is 0 Å². The summed E-state index contributed by atoms with van der Waals surface area (Å²) in [6, 6.07) is 1.72. The van der Waals surface area contributed by atoms with E-state index in [0.717, 1.165) is 12.1 Å². The van der Waals surface area contributed by atoms with Crippen LogP contribution in [-0.2, 0) is 10.9 Å². The summed E-state index contributed by atoms with van der Waals surface area (Å²) in [7, 11) is 1.51. The number of anilines is 2. The smallest absolute Gasteiger partial charge is 0.384 e. The van der Waals surface area contributed by atoms with Gasteiger partial charge >= 0.3 is 6.18 Å². The minimum Gasteiger partial charge on any atom is -0.384 e. The summed E-state index contributed by atoms with van der Waals surface area (Å²) in [6.45, 7) is 3.90. The van der Waals surface area contributed by atoms with Crippen molar-refractivity contribution in [1.82, 2.24) is 4.98 Å². The molecule has 0 saturated heterocycles. The van der Waals surface area contributed by atoms with Crippen LogP contribution in [0.25, 0.3) is 0 Å². The van der Waals surface area contributed by atoms with Gasteiger partial charge in [-0.05, 0) is 26.0 Å². The zero-order valence-corrected chi connectivity index (χ0v) is 10.4. The lowest BCUT2D eigenvalue weighted by Crippen LogP contribution is -2.36. The summed E-state index contributed by atoms with van der Waals surface area (Å²) in [5, 5.41) is 2.86. The third kappa shape index (κ3) is 4.06. The number of nitrogens with two attached hydrogens (primary N) is 1. The van der Waals surface area contributed by atoms with Crippen LogP contribution in [0.3, 0.4) is 0 Å². The maximum Gasteiger partial charge on any atom is 0.416 e. The highest BCUT2D eigenvalue weighted by atomic mass is 19.4. The molecule has 102 valence electrons. The van der Waals surface area contributed by atoms with Crippen LogP contribution in [0.2, 0.25) is 0 Å². The van der Waals surface area contributed by atoms with Gasteiger partial charge in [0.05, 0.1) is 17.7 Å². The number of hydrogen-bond acceptors (Lipinski definition) is 4. The second kappa shape index (κ2) is 5.01. The summed E-state index contributed by atoms with van der Waals surface area (Å²) >= 11 is 0. The van der Waals surface area contributed by atoms with E-state index in [1.165, 1.54) is 7.11 Å². The van der Waals surface area contributed by atoms with E-state index >= 15 is 0 Å². The average Bonchev–Trinajstić information content (AvgIpc) is 2.13. The number of alkyl halides is 3. The standard InChI is InChI=1S/C11H16F3N3O/c1-10(2,6-18-3)17-9-5-7(11(12,13)14)4-8(15)16-9/h4-5H,6H2,1-3H3,(H3,15,16,17). The van der Waals surface area contributed by atoms with E-state index in [9.17, 15) is 13.2 Å². The number of ether oxygens (including phenoxy) is 1. The minimum atomic E-state index is -4.45. The van der Waals surface area contributed by atoms with E-state index in [-0.39, 0.29) is 11.6 Å². The zero-order valence-electron chi connectivity index (χ0n) is 10.4. The highest BCUT2D eigenvalue weighted by molar-refractivity contribution is 5.48. The predicted octanol–water partition coefficient (Wildman–Crippen LogP) is 2.52. The number of pyridine rings is 1. The maximum atomic E-state index is 12.6. The van der Waals surface area contributed by atoms with Gasteiger partial charge in [0.1, 0.15) is 11.6 Å². The molecule has 0 fully saturated rings. The molecule has 18 heavy (non-hydrogen) atoms. The van der Waals surface area contributed by atoms with E-state index in [0.29, 0.717) is 6.61 Å². The zero-order chi connectivity index (χ0) is 14.0. The Morgan fingerprint density at radius 2 is 1.94 bits per heavy atom. The fourth-order valence-electron chi connectivity index (χ4n) is 1.52. The fraction of sp³-hybridized carbons (Fsp3) is 0.545. The average molecular weight is 263 g/mol. The topological polar surface area (TPSA) is 60.2 Å². The lowest BCUT2D eigenvalue weighted by molar-refractivity contribution is -0.137. The first-order valence-corrected chi connectivity index (χ1v) is 5.26. The summed E-state index contributed by atoms with van der Waals surface area (Å²) < 4.78 is 42.7. The molecule has 0 bridgehead atoms. The second-order valence-corrected chi connectivity index (χ2v) is 4.61. The molecule has 0 unspecified atom stereocenters. The molecule has 0 amide bonds. The van der Waals surface area contributed by atoms with Crippen molar-refractivity contribution in [3.63, 3.8) is 0 Å². The Morgan fingerprint density at radius 1 is 1.33 bits per heavy atom. The molecule has 1 rings (SSSR count). The van der Waals surface area contributed by atoms with Crippen LogP contribution in [0.15, 0.2) is 12.1 Å². The molecule has 0 aliphatic carbocycles. The van der Waals surface area contributed by atoms with E-state index in [4.69, 9.17) is 10.5 Å². The van der Waals surface area contributed by atoms with Crippen LogP contribution in [0.4, 0.5) is 24.8 Å². The van der Waals surface area contributed by atoms with Crippen molar-refractivity contribution in [2.75, 3.05) is 24.8 Å². The number of nitrogen functional groups attached to an aromatic ring is 1. The molecule has 3 N–H and O–H groups in total. The number of halogens is 3. The second-order valence-electron chi connectivity index (χ2n) is 4.61. The van der Waals surface area contributed by atoms with Gasteiger partial charge in [0.2, 0.25) is 0 Å². The Bertz CT molecular complexity index is 418. The first-order chi connectivity index (χ1) is 8.14. The largest absolute Gasteiger partial charge is 0.416 e. The van der Waals surface area contributed by atoms with Crippen molar-refractivity contribution in [3.8, 4) is 0 Å². The van der Waals surface area contributed by atoms with Crippen LogP contribution in [0.5, 0.6) is 0 Å². The number of rotatable bonds is 4. The van der Waals surface area contributed by atoms with Crippen molar-refractivity contribution >= 4 is 11.6 Å². The van der Waals surface area contributed by atoms with Gasteiger partial charge in [-0.15, -0.1) is 0 Å². The summed E-state index contributed by atoms with van der Waals surface area (Å²) in [5.74, 6) is -0.107. The van der Waals surface area contributed by atoms with Crippen LogP contribution in [-0.4, -0.2) is 24.2 Å². The van der Waals surface area contributed by atoms with Crippen LogP contribution in [0.1, 0.15) is 19.4 Å². The Labute approximate surface area is 103 Å². The van der Waals surface area contributed by atoms with E-state index < -0.39 is 17.3 Å². The van der Waals surface area contributed by atoms with Crippen molar-refractivity contribution in [1.29, 1.82) is 0 Å². The molecule has 0 atom stereocenters. The van der Waals surface area contributed by atoms with Crippen molar-refractivity contribution in [2.45, 2.75) is 25.6 Å². The van der Waals surface area contributed by atoms with Gasteiger partial charge in [-0.1, -0.05) is 0 Å². The molecular weight excluding hydrogens is 247 g/mol. The third-order valence-electron chi connectivity index (χ3n) is 2.14. The third-order valence-corrected chi connectivity index (χ3v) is 2.14. The number of nitrogens with one attached hydrogen (secondary N) is 1. The fourth-order valence-corrected chi connectivity index (χ4v) is 1.52. The normalized spacial score (nSPS) is 12.6. The molecule has 1 aromatic heterocycles. The lowest BCUT2D eigenvalue weighted by atomic mass is 10.1. The van der Waals surface area contributed by atoms with Gasteiger partial charge in [-0.2, -0.15) is 13.2 Å². The van der Waals surface area contributed by atoms with Gasteiger partial charge in [-0.25, -0.2) is 4.98 Å². The van der Waals surface area contributed by atoms with E-state index in [1.54, 1.807) is 13.8 Å². The molecule has 4 nitrogen and oxygen atoms in total. The van der Waals surface area contributed by atoms with Crippen molar-refractivity contribution in [3.05, 3.63) is 17.7 Å². The van der Waals surface area contributed by atoms with Gasteiger partial charge in [0.15, 0.2) is 0 Å². The van der Waals surface area contributed by atoms with E-state index in [2.05, 4.69) is 10.3 Å². The Hall–Kier alpha value is -1.50. The molecule has 0 aliphatic rings. The number of nitrogens with zero attached hydrogens (tertiary/aromatic N) is 1. The monoisotopic (exact) mass is 263 g/mol. The molecule has 0 saturated carbocycles. The first-order valence-electron chi connectivity index (χ1n) is 5.26. The minimum absolute atomic E-state index is 0.0735. The molecule has 0 spiro atoms. The van der Waals surface area contributed by atoms with Crippen molar-refractivity contribution < 1.29 is 17.9 Å². The molecule has 7 heteroatoms. The maximum absolute atomic E-state index is 12.6. The summed E-state index contributed by atoms with van der Waals surface area (Å²) in [6.07, 6.45) is -4.45. The van der Waals surface area contributed by atoms with Crippen LogP contribution < -0.4 is 11.1 Å². The number of methoxy groups -OCH3 is 1. The molecule has 1 heterocycles. The molecule has 1 aromatic rings. The Morgan fingerprint density at radius 3 is 2.44 bits per heavy atom. The predicted molar refractivity (Wildman–Crippen MR) is 63.2 cm³/mol. The Balaban J connectivity index is 3.00. The molecule has 0 aromatic carbocycles. The lowest BCUT2D eigenvalue weighted by Gasteiger charge is -2.26. The van der Waals surface area contributed by atoms with E-state index in [1.807, 2.05) is 0 Å². The van der Waals surface area contributed by atoms with Crippen LogP contribution >= 0.6 is 0 Å². The van der Waals surface area contributed by atoms with Crippen molar-refractivity contribution in [2.24, 2.45) is 0 Å².